The Labute approximate surface area is 88.5 Å². The Kier molecular flexibility index (Phi) is 1.65. The SMILES string of the molecule is C[C@@H]1C=C[C@H]([C@@H]2CC(=O)OC2=O)C12CC2. The minimum Gasteiger partial charge on any atom is -0.393 e. The maximum absolute atomic E-state index is 11.5. The van der Waals surface area contributed by atoms with Gasteiger partial charge >= 0.3 is 11.9 Å². The molecule has 2 aliphatic carbocycles. The molecular weight excluding hydrogens is 192 g/mol. The van der Waals surface area contributed by atoms with E-state index in [-0.39, 0.29) is 35.6 Å². The predicted octanol–water partition coefficient (Wildman–Crippen LogP) is 1.68. The quantitative estimate of drug-likeness (QED) is 0.372. The molecule has 15 heavy (non-hydrogen) atoms. The lowest BCUT2D eigenvalue weighted by atomic mass is 9.77. The summed E-state index contributed by atoms with van der Waals surface area (Å²) in [6, 6.07) is 0. The molecule has 1 spiro atoms. The molecule has 0 aromatic carbocycles. The van der Waals surface area contributed by atoms with Crippen LogP contribution in [0.4, 0.5) is 0 Å². The van der Waals surface area contributed by atoms with E-state index >= 15 is 0 Å². The van der Waals surface area contributed by atoms with Crippen LogP contribution in [0.3, 0.4) is 0 Å². The summed E-state index contributed by atoms with van der Waals surface area (Å²) in [6.07, 6.45) is 6.96. The molecular formula is C12H14O3. The number of hydrogen-bond acceptors (Lipinski definition) is 3. The van der Waals surface area contributed by atoms with Crippen molar-refractivity contribution in [1.29, 1.82) is 0 Å². The van der Waals surface area contributed by atoms with Crippen LogP contribution in [-0.4, -0.2) is 11.9 Å². The molecule has 0 N–H and O–H groups in total. The molecule has 1 saturated heterocycles. The molecule has 3 atom stereocenters. The van der Waals surface area contributed by atoms with Gasteiger partial charge < -0.3 is 4.74 Å². The molecule has 3 rings (SSSR count). The van der Waals surface area contributed by atoms with Crippen molar-refractivity contribution in [3.8, 4) is 0 Å². The highest BCUT2D eigenvalue weighted by molar-refractivity contribution is 5.95. The van der Waals surface area contributed by atoms with E-state index in [4.69, 9.17) is 0 Å². The van der Waals surface area contributed by atoms with Crippen LogP contribution in [0.5, 0.6) is 0 Å². The normalized spacial score (nSPS) is 41.3. The van der Waals surface area contributed by atoms with Crippen LogP contribution in [0.1, 0.15) is 26.2 Å². The fourth-order valence-corrected chi connectivity index (χ4v) is 3.21. The number of ether oxygens (including phenoxy) is 1. The minimum absolute atomic E-state index is 0.207. The van der Waals surface area contributed by atoms with Crippen molar-refractivity contribution < 1.29 is 14.3 Å². The number of hydrogen-bond donors (Lipinski definition) is 0. The monoisotopic (exact) mass is 206 g/mol. The van der Waals surface area contributed by atoms with Crippen molar-refractivity contribution in [2.45, 2.75) is 26.2 Å². The molecule has 1 heterocycles. The van der Waals surface area contributed by atoms with Gasteiger partial charge in [-0.3, -0.25) is 9.59 Å². The maximum atomic E-state index is 11.5. The average molecular weight is 206 g/mol. The van der Waals surface area contributed by atoms with Gasteiger partial charge in [0.05, 0.1) is 12.3 Å². The van der Waals surface area contributed by atoms with E-state index < -0.39 is 0 Å². The zero-order valence-corrected chi connectivity index (χ0v) is 8.73. The second-order valence-corrected chi connectivity index (χ2v) is 5.04. The van der Waals surface area contributed by atoms with Crippen LogP contribution in [-0.2, 0) is 14.3 Å². The standard InChI is InChI=1S/C12H14O3/c1-7-2-3-9(12(7)4-5-12)8-6-10(13)15-11(8)14/h2-3,7-9H,4-6H2,1H3/t7-,8+,9-/m1/s1. The molecule has 3 nitrogen and oxygen atoms in total. The zero-order chi connectivity index (χ0) is 10.6. The van der Waals surface area contributed by atoms with Crippen LogP contribution in [0.15, 0.2) is 12.2 Å². The number of cyclic esters (lactones) is 2. The average Bonchev–Trinajstić information content (AvgIpc) is 2.82. The van der Waals surface area contributed by atoms with Crippen LogP contribution < -0.4 is 0 Å². The molecule has 2 fully saturated rings. The molecule has 1 aliphatic heterocycles. The fourth-order valence-electron chi connectivity index (χ4n) is 3.21. The fraction of sp³-hybridized carbons (Fsp3) is 0.667. The summed E-state index contributed by atoms with van der Waals surface area (Å²) in [5, 5.41) is 0. The smallest absolute Gasteiger partial charge is 0.317 e. The molecule has 0 radical (unpaired) electrons. The summed E-state index contributed by atoms with van der Waals surface area (Å²) >= 11 is 0. The highest BCUT2D eigenvalue weighted by Crippen LogP contribution is 2.64. The summed E-state index contributed by atoms with van der Waals surface area (Å²) < 4.78 is 4.63. The topological polar surface area (TPSA) is 43.4 Å². The number of allylic oxidation sites excluding steroid dienone is 2. The molecule has 3 heteroatoms. The first-order valence-electron chi connectivity index (χ1n) is 5.56. The van der Waals surface area contributed by atoms with Crippen molar-refractivity contribution in [2.24, 2.45) is 23.2 Å². The van der Waals surface area contributed by atoms with Gasteiger partial charge in [0.2, 0.25) is 0 Å². The Hall–Kier alpha value is -1.12. The van der Waals surface area contributed by atoms with E-state index in [0.29, 0.717) is 5.92 Å². The highest BCUT2D eigenvalue weighted by atomic mass is 16.6. The van der Waals surface area contributed by atoms with Crippen molar-refractivity contribution in [1.82, 2.24) is 0 Å². The van der Waals surface area contributed by atoms with Gasteiger partial charge in [-0.05, 0) is 30.1 Å². The Morgan fingerprint density at radius 3 is 2.60 bits per heavy atom. The van der Waals surface area contributed by atoms with E-state index in [1.165, 1.54) is 12.8 Å². The van der Waals surface area contributed by atoms with Crippen molar-refractivity contribution >= 4 is 11.9 Å². The van der Waals surface area contributed by atoms with Crippen LogP contribution >= 0.6 is 0 Å². The van der Waals surface area contributed by atoms with Gasteiger partial charge in [0, 0.05) is 0 Å². The number of carbonyl (C=O) groups is 2. The largest absolute Gasteiger partial charge is 0.393 e. The Morgan fingerprint density at radius 1 is 1.33 bits per heavy atom. The summed E-state index contributed by atoms with van der Waals surface area (Å²) in [6.45, 7) is 2.20. The third-order valence-corrected chi connectivity index (χ3v) is 4.34. The van der Waals surface area contributed by atoms with Gasteiger partial charge in [-0.2, -0.15) is 0 Å². The zero-order valence-electron chi connectivity index (χ0n) is 8.73. The van der Waals surface area contributed by atoms with Gasteiger partial charge in [-0.25, -0.2) is 0 Å². The molecule has 0 unspecified atom stereocenters. The van der Waals surface area contributed by atoms with Crippen LogP contribution in [0.25, 0.3) is 0 Å². The first kappa shape index (κ1) is 9.13. The van der Waals surface area contributed by atoms with E-state index in [1.807, 2.05) is 0 Å². The van der Waals surface area contributed by atoms with Gasteiger partial charge in [-0.1, -0.05) is 19.1 Å². The third kappa shape index (κ3) is 1.12. The van der Waals surface area contributed by atoms with Gasteiger partial charge in [0.15, 0.2) is 0 Å². The van der Waals surface area contributed by atoms with E-state index in [0.717, 1.165) is 0 Å². The van der Waals surface area contributed by atoms with Crippen molar-refractivity contribution in [3.63, 3.8) is 0 Å². The van der Waals surface area contributed by atoms with Crippen molar-refractivity contribution in [2.75, 3.05) is 0 Å². The maximum Gasteiger partial charge on any atom is 0.317 e. The van der Waals surface area contributed by atoms with Gasteiger partial charge in [-0.15, -0.1) is 0 Å². The second kappa shape index (κ2) is 2.71. The minimum atomic E-state index is -0.353. The molecule has 1 saturated carbocycles. The lowest BCUT2D eigenvalue weighted by molar-refractivity contribution is -0.153. The molecule has 0 amide bonds. The molecule has 0 aromatic rings. The Bertz CT molecular complexity index is 365. The number of rotatable bonds is 1. The Morgan fingerprint density at radius 2 is 2.07 bits per heavy atom. The molecule has 80 valence electrons. The number of carbonyl (C=O) groups excluding carboxylic acids is 2. The Balaban J connectivity index is 1.87. The van der Waals surface area contributed by atoms with E-state index in [2.05, 4.69) is 23.8 Å². The lowest BCUT2D eigenvalue weighted by Gasteiger charge is -2.24. The highest BCUT2D eigenvalue weighted by Gasteiger charge is 2.59. The summed E-state index contributed by atoms with van der Waals surface area (Å²) in [4.78, 5) is 22.6. The molecule has 0 bridgehead atoms. The summed E-state index contributed by atoms with van der Waals surface area (Å²) in [5.74, 6) is -0.0811. The lowest BCUT2D eigenvalue weighted by Crippen LogP contribution is -2.26. The molecule has 3 aliphatic rings. The first-order valence-corrected chi connectivity index (χ1v) is 5.56. The summed E-state index contributed by atoms with van der Waals surface area (Å²) in [7, 11) is 0. The van der Waals surface area contributed by atoms with Crippen LogP contribution in [0, 0.1) is 23.2 Å². The van der Waals surface area contributed by atoms with Gasteiger partial charge in [0.1, 0.15) is 0 Å². The summed E-state index contributed by atoms with van der Waals surface area (Å²) in [5.41, 5.74) is 0.286. The number of esters is 2. The second-order valence-electron chi connectivity index (χ2n) is 5.04. The van der Waals surface area contributed by atoms with Gasteiger partial charge in [0.25, 0.3) is 0 Å². The van der Waals surface area contributed by atoms with E-state index in [1.54, 1.807) is 0 Å². The molecule has 0 aromatic heterocycles. The first-order chi connectivity index (χ1) is 7.13. The third-order valence-electron chi connectivity index (χ3n) is 4.34. The van der Waals surface area contributed by atoms with Crippen molar-refractivity contribution in [3.05, 3.63) is 12.2 Å². The van der Waals surface area contributed by atoms with E-state index in [9.17, 15) is 9.59 Å². The predicted molar refractivity (Wildman–Crippen MR) is 52.7 cm³/mol. The van der Waals surface area contributed by atoms with Crippen LogP contribution in [0.2, 0.25) is 0 Å².